The summed E-state index contributed by atoms with van der Waals surface area (Å²) in [6.45, 7) is 20.0. The summed E-state index contributed by atoms with van der Waals surface area (Å²) in [6.07, 6.45) is 7.18. The van der Waals surface area contributed by atoms with E-state index in [0.717, 1.165) is 29.1 Å². The second kappa shape index (κ2) is 5.03. The molecular formula is C20H38. The molecule has 0 heteroatoms. The van der Waals surface area contributed by atoms with Gasteiger partial charge in [0.25, 0.3) is 0 Å². The Bertz CT molecular complexity index is 355. The molecule has 0 radical (unpaired) electrons. The fourth-order valence-electron chi connectivity index (χ4n) is 6.21. The van der Waals surface area contributed by atoms with Gasteiger partial charge in [-0.15, -0.1) is 0 Å². The lowest BCUT2D eigenvalue weighted by Gasteiger charge is -2.62. The van der Waals surface area contributed by atoms with Crippen LogP contribution in [0.1, 0.15) is 87.5 Å². The van der Waals surface area contributed by atoms with Crippen molar-refractivity contribution in [3.8, 4) is 0 Å². The Kier molecular flexibility index (Phi) is 4.11. The predicted molar refractivity (Wildman–Crippen MR) is 89.7 cm³/mol. The third kappa shape index (κ3) is 2.08. The average molecular weight is 279 g/mol. The van der Waals surface area contributed by atoms with Crippen molar-refractivity contribution in [1.82, 2.24) is 0 Å². The molecule has 0 nitrogen and oxygen atoms in total. The standard InChI is InChI=1S/C20H38/c1-9-10-16(6)11-19(8,14(2)3)20(15(4)5)13-18(7)12-17(18)20/h14-17H,9-13H2,1-8H3. The van der Waals surface area contributed by atoms with Gasteiger partial charge in [0, 0.05) is 0 Å². The Balaban J connectivity index is 2.27. The lowest BCUT2D eigenvalue weighted by atomic mass is 9.42. The highest BCUT2D eigenvalue weighted by atomic mass is 14.8. The van der Waals surface area contributed by atoms with Gasteiger partial charge in [0.2, 0.25) is 0 Å². The van der Waals surface area contributed by atoms with E-state index in [0.29, 0.717) is 10.8 Å². The highest BCUT2D eigenvalue weighted by molar-refractivity contribution is 5.25. The molecule has 20 heavy (non-hydrogen) atoms. The molecule has 5 atom stereocenters. The van der Waals surface area contributed by atoms with Crippen molar-refractivity contribution in [2.45, 2.75) is 87.5 Å². The smallest absolute Gasteiger partial charge is 0.0179 e. The summed E-state index contributed by atoms with van der Waals surface area (Å²) in [7, 11) is 0. The molecule has 118 valence electrons. The summed E-state index contributed by atoms with van der Waals surface area (Å²) in [5.41, 5.74) is 1.88. The van der Waals surface area contributed by atoms with Crippen LogP contribution >= 0.6 is 0 Å². The van der Waals surface area contributed by atoms with Crippen LogP contribution in [-0.4, -0.2) is 0 Å². The predicted octanol–water partition coefficient (Wildman–Crippen LogP) is 6.55. The van der Waals surface area contributed by atoms with Crippen LogP contribution in [0.2, 0.25) is 0 Å². The molecule has 0 saturated heterocycles. The van der Waals surface area contributed by atoms with E-state index in [2.05, 4.69) is 55.4 Å². The van der Waals surface area contributed by atoms with Crippen molar-refractivity contribution in [3.05, 3.63) is 0 Å². The molecule has 0 heterocycles. The molecule has 0 N–H and O–H groups in total. The van der Waals surface area contributed by atoms with Crippen LogP contribution in [0.3, 0.4) is 0 Å². The number of rotatable bonds is 7. The van der Waals surface area contributed by atoms with E-state index in [1.54, 1.807) is 0 Å². The highest BCUT2D eigenvalue weighted by Gasteiger charge is 2.77. The molecule has 0 bridgehead atoms. The van der Waals surface area contributed by atoms with Gasteiger partial charge in [0.1, 0.15) is 0 Å². The quantitative estimate of drug-likeness (QED) is 0.495. The first kappa shape index (κ1) is 16.4. The van der Waals surface area contributed by atoms with Crippen molar-refractivity contribution in [1.29, 1.82) is 0 Å². The first-order chi connectivity index (χ1) is 9.14. The van der Waals surface area contributed by atoms with Gasteiger partial charge in [0.05, 0.1) is 0 Å². The second-order valence-electron chi connectivity index (χ2n) is 9.45. The van der Waals surface area contributed by atoms with Gasteiger partial charge in [-0.1, -0.05) is 68.2 Å². The van der Waals surface area contributed by atoms with Crippen molar-refractivity contribution in [2.75, 3.05) is 0 Å². The molecular weight excluding hydrogens is 240 g/mol. The number of fused-ring (bicyclic) bond motifs is 1. The molecule has 2 aliphatic carbocycles. The van der Waals surface area contributed by atoms with E-state index in [4.69, 9.17) is 0 Å². The van der Waals surface area contributed by atoms with Gasteiger partial charge >= 0.3 is 0 Å². The summed E-state index contributed by atoms with van der Waals surface area (Å²) in [5, 5.41) is 0. The Hall–Kier alpha value is 0. The second-order valence-corrected chi connectivity index (χ2v) is 9.45. The minimum Gasteiger partial charge on any atom is -0.0654 e. The van der Waals surface area contributed by atoms with E-state index in [1.165, 1.54) is 32.1 Å². The average Bonchev–Trinajstić information content (AvgIpc) is 2.84. The van der Waals surface area contributed by atoms with Gasteiger partial charge < -0.3 is 0 Å². The maximum atomic E-state index is 2.64. The summed E-state index contributed by atoms with van der Waals surface area (Å²) < 4.78 is 0. The molecule has 0 aromatic carbocycles. The van der Waals surface area contributed by atoms with Gasteiger partial charge in [-0.3, -0.25) is 0 Å². The van der Waals surface area contributed by atoms with Crippen LogP contribution in [0, 0.1) is 39.9 Å². The lowest BCUT2D eigenvalue weighted by molar-refractivity contribution is -0.144. The van der Waals surface area contributed by atoms with E-state index in [9.17, 15) is 0 Å². The molecule has 0 aromatic heterocycles. The van der Waals surface area contributed by atoms with Crippen LogP contribution in [0.5, 0.6) is 0 Å². The Morgan fingerprint density at radius 3 is 2.05 bits per heavy atom. The van der Waals surface area contributed by atoms with E-state index >= 15 is 0 Å². The summed E-state index contributed by atoms with van der Waals surface area (Å²) >= 11 is 0. The Labute approximate surface area is 128 Å². The van der Waals surface area contributed by atoms with Crippen LogP contribution in [-0.2, 0) is 0 Å². The fourth-order valence-corrected chi connectivity index (χ4v) is 6.21. The maximum absolute atomic E-state index is 2.64. The third-order valence-corrected chi connectivity index (χ3v) is 7.59. The van der Waals surface area contributed by atoms with E-state index in [1.807, 2.05) is 0 Å². The fraction of sp³-hybridized carbons (Fsp3) is 1.00. The van der Waals surface area contributed by atoms with Crippen LogP contribution in [0.25, 0.3) is 0 Å². The Morgan fingerprint density at radius 2 is 1.75 bits per heavy atom. The van der Waals surface area contributed by atoms with Gasteiger partial charge in [0.15, 0.2) is 0 Å². The van der Waals surface area contributed by atoms with Gasteiger partial charge in [-0.25, -0.2) is 0 Å². The van der Waals surface area contributed by atoms with Crippen LogP contribution in [0.15, 0.2) is 0 Å². The first-order valence-electron chi connectivity index (χ1n) is 9.14. The largest absolute Gasteiger partial charge is 0.0654 e. The molecule has 0 aliphatic heterocycles. The van der Waals surface area contributed by atoms with Gasteiger partial charge in [-0.2, -0.15) is 0 Å². The highest BCUT2D eigenvalue weighted by Crippen LogP contribution is 2.84. The molecule has 2 aliphatic rings. The summed E-state index contributed by atoms with van der Waals surface area (Å²) in [5.74, 6) is 3.54. The maximum Gasteiger partial charge on any atom is -0.0179 e. The lowest BCUT2D eigenvalue weighted by Crippen LogP contribution is -2.56. The van der Waals surface area contributed by atoms with Crippen molar-refractivity contribution in [3.63, 3.8) is 0 Å². The van der Waals surface area contributed by atoms with E-state index < -0.39 is 0 Å². The molecule has 0 amide bonds. The zero-order valence-corrected chi connectivity index (χ0v) is 15.3. The summed E-state index contributed by atoms with van der Waals surface area (Å²) in [4.78, 5) is 0. The topological polar surface area (TPSA) is 0 Å². The van der Waals surface area contributed by atoms with Crippen molar-refractivity contribution >= 4 is 0 Å². The zero-order chi connectivity index (χ0) is 15.3. The molecule has 0 spiro atoms. The summed E-state index contributed by atoms with van der Waals surface area (Å²) in [6, 6.07) is 0. The van der Waals surface area contributed by atoms with Crippen LogP contribution < -0.4 is 0 Å². The third-order valence-electron chi connectivity index (χ3n) is 7.59. The molecule has 5 unspecified atom stereocenters. The zero-order valence-electron chi connectivity index (χ0n) is 15.3. The van der Waals surface area contributed by atoms with E-state index in [-0.39, 0.29) is 0 Å². The minimum atomic E-state index is 0.524. The molecule has 2 rings (SSSR count). The number of hydrogen-bond acceptors (Lipinski definition) is 0. The molecule has 2 fully saturated rings. The van der Waals surface area contributed by atoms with Crippen molar-refractivity contribution < 1.29 is 0 Å². The normalized spacial score (nSPS) is 40.2. The minimum absolute atomic E-state index is 0.524. The van der Waals surface area contributed by atoms with Crippen molar-refractivity contribution in [2.24, 2.45) is 39.9 Å². The monoisotopic (exact) mass is 278 g/mol. The molecule has 0 aromatic rings. The molecule has 2 saturated carbocycles. The first-order valence-corrected chi connectivity index (χ1v) is 9.14. The Morgan fingerprint density at radius 1 is 1.15 bits per heavy atom. The SMILES string of the molecule is CCCC(C)CC(C)(C(C)C)C1(C(C)C)CC2(C)CC21. The number of hydrogen-bond donors (Lipinski definition) is 0. The van der Waals surface area contributed by atoms with Crippen LogP contribution in [0.4, 0.5) is 0 Å². The van der Waals surface area contributed by atoms with Gasteiger partial charge in [-0.05, 0) is 59.2 Å².